The van der Waals surface area contributed by atoms with E-state index in [4.69, 9.17) is 4.74 Å². The highest BCUT2D eigenvalue weighted by Crippen LogP contribution is 2.50. The summed E-state index contributed by atoms with van der Waals surface area (Å²) in [5.74, 6) is 0.531. The summed E-state index contributed by atoms with van der Waals surface area (Å²) >= 11 is 0. The fourth-order valence-corrected chi connectivity index (χ4v) is 4.29. The van der Waals surface area contributed by atoms with Crippen LogP contribution in [0.5, 0.6) is 0 Å². The molecule has 1 saturated heterocycles. The molecular formula is C18H33NO4. The van der Waals surface area contributed by atoms with Crippen molar-refractivity contribution in [3.63, 3.8) is 0 Å². The third-order valence-corrected chi connectivity index (χ3v) is 5.62. The standard InChI is InChI=1S/C18H33NO4/c1-14-6-5-7-17(12-14,13-20)18(22)8-10-19(11-9-18)15(21)23-16(2,3)4/h14,20,22H,5-13H2,1-4H3. The molecule has 2 fully saturated rings. The number of nitrogens with zero attached hydrogens (tertiary/aromatic N) is 1. The van der Waals surface area contributed by atoms with Crippen LogP contribution in [0.3, 0.4) is 0 Å². The van der Waals surface area contributed by atoms with E-state index in [0.717, 1.165) is 19.3 Å². The lowest BCUT2D eigenvalue weighted by Gasteiger charge is -2.53. The molecule has 1 aliphatic carbocycles. The minimum atomic E-state index is -0.880. The molecule has 23 heavy (non-hydrogen) atoms. The number of likely N-dealkylation sites (tertiary alicyclic amines) is 1. The van der Waals surface area contributed by atoms with E-state index in [1.165, 1.54) is 6.42 Å². The topological polar surface area (TPSA) is 70.0 Å². The van der Waals surface area contributed by atoms with Crippen LogP contribution in [0.15, 0.2) is 0 Å². The summed E-state index contributed by atoms with van der Waals surface area (Å²) < 4.78 is 5.42. The van der Waals surface area contributed by atoms with Gasteiger partial charge >= 0.3 is 6.09 Å². The zero-order chi connectivity index (χ0) is 17.3. The average molecular weight is 327 g/mol. The highest BCUT2D eigenvalue weighted by Gasteiger charge is 2.52. The van der Waals surface area contributed by atoms with Crippen LogP contribution in [-0.4, -0.2) is 52.1 Å². The Bertz CT molecular complexity index is 423. The molecule has 0 aromatic rings. The lowest BCUT2D eigenvalue weighted by Crippen LogP contribution is -2.59. The Labute approximate surface area is 140 Å². The highest BCUT2D eigenvalue weighted by atomic mass is 16.6. The molecule has 134 valence electrons. The Balaban J connectivity index is 2.02. The monoisotopic (exact) mass is 327 g/mol. The summed E-state index contributed by atoms with van der Waals surface area (Å²) in [6.45, 7) is 8.77. The molecule has 2 rings (SSSR count). The Morgan fingerprint density at radius 2 is 1.87 bits per heavy atom. The van der Waals surface area contributed by atoms with Gasteiger partial charge in [-0.15, -0.1) is 0 Å². The first kappa shape index (κ1) is 18.5. The number of carbonyl (C=O) groups is 1. The van der Waals surface area contributed by atoms with E-state index in [-0.39, 0.29) is 12.7 Å². The highest BCUT2D eigenvalue weighted by molar-refractivity contribution is 5.68. The minimum Gasteiger partial charge on any atom is -0.444 e. The molecule has 5 nitrogen and oxygen atoms in total. The fraction of sp³-hybridized carbons (Fsp3) is 0.944. The predicted molar refractivity (Wildman–Crippen MR) is 89.1 cm³/mol. The number of ether oxygens (including phenoxy) is 1. The van der Waals surface area contributed by atoms with Crippen molar-refractivity contribution in [3.05, 3.63) is 0 Å². The summed E-state index contributed by atoms with van der Waals surface area (Å²) in [6, 6.07) is 0. The molecule has 0 aromatic carbocycles. The number of rotatable bonds is 2. The lowest BCUT2D eigenvalue weighted by atomic mass is 9.58. The van der Waals surface area contributed by atoms with Crippen LogP contribution < -0.4 is 0 Å². The van der Waals surface area contributed by atoms with E-state index < -0.39 is 16.6 Å². The van der Waals surface area contributed by atoms with E-state index in [0.29, 0.717) is 31.8 Å². The van der Waals surface area contributed by atoms with Gasteiger partial charge in [-0.2, -0.15) is 0 Å². The zero-order valence-corrected chi connectivity index (χ0v) is 15.1. The fourth-order valence-electron chi connectivity index (χ4n) is 4.29. The van der Waals surface area contributed by atoms with Gasteiger partial charge in [-0.25, -0.2) is 4.79 Å². The molecular weight excluding hydrogens is 294 g/mol. The molecule has 0 spiro atoms. The summed E-state index contributed by atoms with van der Waals surface area (Å²) in [4.78, 5) is 13.9. The van der Waals surface area contributed by atoms with Gasteiger partial charge in [-0.1, -0.05) is 19.8 Å². The predicted octanol–water partition coefficient (Wildman–Crippen LogP) is 2.94. The first-order valence-corrected chi connectivity index (χ1v) is 8.92. The minimum absolute atomic E-state index is 0.0281. The van der Waals surface area contributed by atoms with Gasteiger partial charge < -0.3 is 19.8 Å². The molecule has 1 saturated carbocycles. The molecule has 1 amide bonds. The zero-order valence-electron chi connectivity index (χ0n) is 15.1. The summed E-state index contributed by atoms with van der Waals surface area (Å²) in [6.07, 6.45) is 4.68. The van der Waals surface area contributed by atoms with Gasteiger partial charge in [-0.05, 0) is 52.4 Å². The third-order valence-electron chi connectivity index (χ3n) is 5.62. The number of amides is 1. The average Bonchev–Trinajstić information content (AvgIpc) is 2.45. The second-order valence-electron chi connectivity index (χ2n) is 8.64. The second-order valence-corrected chi connectivity index (χ2v) is 8.64. The first-order chi connectivity index (χ1) is 10.6. The number of carbonyl (C=O) groups excluding carboxylic acids is 1. The summed E-state index contributed by atoms with van der Waals surface area (Å²) in [7, 11) is 0. The summed E-state index contributed by atoms with van der Waals surface area (Å²) in [5, 5.41) is 21.3. The van der Waals surface area contributed by atoms with E-state index in [9.17, 15) is 15.0 Å². The van der Waals surface area contributed by atoms with Crippen molar-refractivity contribution in [3.8, 4) is 0 Å². The smallest absolute Gasteiger partial charge is 0.410 e. The van der Waals surface area contributed by atoms with Crippen molar-refractivity contribution in [1.29, 1.82) is 0 Å². The number of hydrogen-bond donors (Lipinski definition) is 2. The van der Waals surface area contributed by atoms with E-state index in [1.54, 1.807) is 4.90 Å². The van der Waals surface area contributed by atoms with Gasteiger partial charge in [0, 0.05) is 18.5 Å². The van der Waals surface area contributed by atoms with E-state index in [2.05, 4.69) is 6.92 Å². The van der Waals surface area contributed by atoms with Crippen LogP contribution >= 0.6 is 0 Å². The molecule has 5 heteroatoms. The van der Waals surface area contributed by atoms with Crippen molar-refractivity contribution in [2.24, 2.45) is 11.3 Å². The lowest BCUT2D eigenvalue weighted by molar-refractivity contribution is -0.159. The second kappa shape index (κ2) is 6.60. The van der Waals surface area contributed by atoms with Crippen LogP contribution in [0.1, 0.15) is 66.2 Å². The molecule has 1 aliphatic heterocycles. The molecule has 2 unspecified atom stereocenters. The molecule has 2 aliphatic rings. The van der Waals surface area contributed by atoms with Crippen molar-refractivity contribution < 1.29 is 19.7 Å². The molecule has 0 radical (unpaired) electrons. The summed E-state index contributed by atoms with van der Waals surface area (Å²) in [5.41, 5.74) is -1.80. The number of aliphatic hydroxyl groups is 2. The number of aliphatic hydroxyl groups excluding tert-OH is 1. The van der Waals surface area contributed by atoms with Crippen molar-refractivity contribution in [2.45, 2.75) is 77.4 Å². The Kier molecular flexibility index (Phi) is 5.31. The maximum Gasteiger partial charge on any atom is 0.410 e. The SMILES string of the molecule is CC1CCCC(CO)(C2(O)CCN(C(=O)OC(C)(C)C)CC2)C1. The quantitative estimate of drug-likeness (QED) is 0.818. The van der Waals surface area contributed by atoms with Gasteiger partial charge in [0.15, 0.2) is 0 Å². The van der Waals surface area contributed by atoms with Gasteiger partial charge in [0.05, 0.1) is 12.2 Å². The van der Waals surface area contributed by atoms with Crippen LogP contribution in [0, 0.1) is 11.3 Å². The molecule has 2 N–H and O–H groups in total. The number of piperidine rings is 1. The van der Waals surface area contributed by atoms with Crippen LogP contribution in [0.4, 0.5) is 4.79 Å². The Hall–Kier alpha value is -0.810. The Morgan fingerprint density at radius 1 is 1.26 bits per heavy atom. The molecule has 1 heterocycles. The number of hydrogen-bond acceptors (Lipinski definition) is 4. The maximum atomic E-state index is 12.2. The van der Waals surface area contributed by atoms with Crippen LogP contribution in [0.25, 0.3) is 0 Å². The van der Waals surface area contributed by atoms with Gasteiger partial charge in [0.1, 0.15) is 5.60 Å². The third kappa shape index (κ3) is 4.00. The van der Waals surface area contributed by atoms with Gasteiger partial charge in [-0.3, -0.25) is 0 Å². The molecule has 2 atom stereocenters. The normalized spacial score (nSPS) is 31.7. The largest absolute Gasteiger partial charge is 0.444 e. The molecule has 0 bridgehead atoms. The van der Waals surface area contributed by atoms with Gasteiger partial charge in [0.2, 0.25) is 0 Å². The Morgan fingerprint density at radius 3 is 2.35 bits per heavy atom. The first-order valence-electron chi connectivity index (χ1n) is 8.92. The molecule has 0 aromatic heterocycles. The van der Waals surface area contributed by atoms with Crippen molar-refractivity contribution >= 4 is 6.09 Å². The van der Waals surface area contributed by atoms with E-state index in [1.807, 2.05) is 20.8 Å². The van der Waals surface area contributed by atoms with Crippen LogP contribution in [-0.2, 0) is 4.74 Å². The van der Waals surface area contributed by atoms with E-state index >= 15 is 0 Å². The van der Waals surface area contributed by atoms with Crippen molar-refractivity contribution in [1.82, 2.24) is 4.90 Å². The van der Waals surface area contributed by atoms with Crippen molar-refractivity contribution in [2.75, 3.05) is 19.7 Å². The van der Waals surface area contributed by atoms with Crippen LogP contribution in [0.2, 0.25) is 0 Å². The van der Waals surface area contributed by atoms with Gasteiger partial charge in [0.25, 0.3) is 0 Å². The maximum absolute atomic E-state index is 12.2.